The van der Waals surface area contributed by atoms with Gasteiger partial charge in [0.2, 0.25) is 15.3 Å². The molecule has 1 heterocycles. The van der Waals surface area contributed by atoms with Crippen LogP contribution >= 0.6 is 15.9 Å². The van der Waals surface area contributed by atoms with Gasteiger partial charge in [0.15, 0.2) is 4.90 Å². The molecule has 0 N–H and O–H groups in total. The molecule has 0 saturated carbocycles. The second-order valence-electron chi connectivity index (χ2n) is 5.09. The average molecular weight is 425 g/mol. The summed E-state index contributed by atoms with van der Waals surface area (Å²) in [7, 11) is -1.19. The lowest BCUT2D eigenvalue weighted by Gasteiger charge is -2.09. The van der Waals surface area contributed by atoms with Gasteiger partial charge in [0.1, 0.15) is 28.7 Å². The van der Waals surface area contributed by atoms with Crippen LogP contribution in [0, 0.1) is 0 Å². The molecule has 0 atom stereocenters. The number of hydrogen-bond acceptors (Lipinski definition) is 6. The van der Waals surface area contributed by atoms with Gasteiger partial charge in [-0.2, -0.15) is 0 Å². The highest BCUT2D eigenvalue weighted by atomic mass is 79.9. The Morgan fingerprint density at radius 1 is 1.04 bits per heavy atom. The molecule has 2 aromatic carbocycles. The average Bonchev–Trinajstić information content (AvgIpc) is 2.61. The fourth-order valence-electron chi connectivity index (χ4n) is 2.38. The molecule has 0 spiro atoms. The number of benzene rings is 2. The third-order valence-corrected chi connectivity index (χ3v) is 5.93. The van der Waals surface area contributed by atoms with Crippen LogP contribution in [0.4, 0.5) is 0 Å². The minimum absolute atomic E-state index is 0.00479. The van der Waals surface area contributed by atoms with Gasteiger partial charge in [-0.3, -0.25) is 4.79 Å². The lowest BCUT2D eigenvalue weighted by atomic mass is 10.2. The van der Waals surface area contributed by atoms with Crippen LogP contribution in [0.3, 0.4) is 0 Å². The van der Waals surface area contributed by atoms with Crippen LogP contribution in [0.25, 0.3) is 11.0 Å². The van der Waals surface area contributed by atoms with Gasteiger partial charge >= 0.3 is 0 Å². The van der Waals surface area contributed by atoms with Crippen molar-refractivity contribution in [1.82, 2.24) is 0 Å². The minimum Gasteiger partial charge on any atom is -0.496 e. The van der Waals surface area contributed by atoms with Crippen molar-refractivity contribution in [3.05, 3.63) is 57.4 Å². The molecule has 130 valence electrons. The van der Waals surface area contributed by atoms with Crippen molar-refractivity contribution in [2.45, 2.75) is 9.79 Å². The molecular weight excluding hydrogens is 412 g/mol. The number of rotatable bonds is 4. The van der Waals surface area contributed by atoms with Crippen LogP contribution in [-0.2, 0) is 9.84 Å². The van der Waals surface area contributed by atoms with E-state index < -0.39 is 20.2 Å². The third-order valence-electron chi connectivity index (χ3n) is 3.65. The van der Waals surface area contributed by atoms with Crippen molar-refractivity contribution in [2.24, 2.45) is 0 Å². The number of fused-ring (bicyclic) bond motifs is 1. The topological polar surface area (TPSA) is 82.8 Å². The molecular formula is C17H13BrO6S. The van der Waals surface area contributed by atoms with Crippen molar-refractivity contribution in [3.8, 4) is 11.5 Å². The molecule has 6 nitrogen and oxygen atoms in total. The van der Waals surface area contributed by atoms with E-state index in [0.717, 1.165) is 10.7 Å². The quantitative estimate of drug-likeness (QED) is 0.637. The maximum absolute atomic E-state index is 12.8. The second-order valence-corrected chi connectivity index (χ2v) is 7.92. The summed E-state index contributed by atoms with van der Waals surface area (Å²) in [6, 6.07) is 8.98. The van der Waals surface area contributed by atoms with Crippen molar-refractivity contribution < 1.29 is 22.3 Å². The van der Waals surface area contributed by atoms with E-state index in [2.05, 4.69) is 15.9 Å². The maximum atomic E-state index is 12.8. The molecule has 0 fully saturated rings. The lowest BCUT2D eigenvalue weighted by molar-refractivity contribution is 0.396. The number of methoxy groups -OCH3 is 2. The lowest BCUT2D eigenvalue weighted by Crippen LogP contribution is -2.16. The fourth-order valence-corrected chi connectivity index (χ4v) is 3.91. The highest BCUT2D eigenvalue weighted by Gasteiger charge is 2.25. The Bertz CT molecular complexity index is 1100. The zero-order valence-electron chi connectivity index (χ0n) is 13.3. The van der Waals surface area contributed by atoms with E-state index in [0.29, 0.717) is 5.75 Å². The molecule has 8 heteroatoms. The van der Waals surface area contributed by atoms with E-state index in [9.17, 15) is 13.2 Å². The van der Waals surface area contributed by atoms with Gasteiger partial charge in [-0.05, 0) is 24.3 Å². The standard InChI is InChI=1S/C17H13BrO6S/c1-22-11-7-13(23-2)16-14(8-11)24-9-15(17(16)19)25(20,21)12-5-3-10(18)4-6-12/h3-9H,1-2H3. The molecule has 0 aliphatic heterocycles. The molecule has 0 saturated heterocycles. The summed E-state index contributed by atoms with van der Waals surface area (Å²) in [5, 5.41) is 0.0430. The van der Waals surface area contributed by atoms with Crippen LogP contribution in [0.1, 0.15) is 0 Å². The van der Waals surface area contributed by atoms with Gasteiger partial charge in [-0.25, -0.2) is 8.42 Å². The van der Waals surface area contributed by atoms with Gasteiger partial charge < -0.3 is 13.9 Å². The number of halogens is 1. The maximum Gasteiger partial charge on any atom is 0.215 e. The van der Waals surface area contributed by atoms with Crippen LogP contribution < -0.4 is 14.9 Å². The fraction of sp³-hybridized carbons (Fsp3) is 0.118. The Hall–Kier alpha value is -2.32. The summed E-state index contributed by atoms with van der Waals surface area (Å²) in [6.07, 6.45) is 0.945. The van der Waals surface area contributed by atoms with E-state index in [1.165, 1.54) is 38.5 Å². The van der Waals surface area contributed by atoms with Crippen molar-refractivity contribution >= 4 is 36.7 Å². The molecule has 0 aliphatic rings. The first-order valence-corrected chi connectivity index (χ1v) is 9.34. The van der Waals surface area contributed by atoms with Gasteiger partial charge in [0.25, 0.3) is 0 Å². The summed E-state index contributed by atoms with van der Waals surface area (Å²) >= 11 is 3.24. The summed E-state index contributed by atoms with van der Waals surface area (Å²) in [6.45, 7) is 0. The van der Waals surface area contributed by atoms with Gasteiger partial charge in [0.05, 0.1) is 19.1 Å². The zero-order valence-corrected chi connectivity index (χ0v) is 15.7. The van der Waals surface area contributed by atoms with E-state index >= 15 is 0 Å². The van der Waals surface area contributed by atoms with E-state index in [4.69, 9.17) is 13.9 Å². The summed E-state index contributed by atoms with van der Waals surface area (Å²) < 4.78 is 42.0. The predicted octanol–water partition coefficient (Wildman–Crippen LogP) is 3.41. The van der Waals surface area contributed by atoms with Crippen LogP contribution in [0.2, 0.25) is 0 Å². The summed E-state index contributed by atoms with van der Waals surface area (Å²) in [4.78, 5) is 12.4. The molecule has 0 aliphatic carbocycles. The third kappa shape index (κ3) is 3.03. The van der Waals surface area contributed by atoms with E-state index in [-0.39, 0.29) is 21.6 Å². The van der Waals surface area contributed by atoms with Crippen LogP contribution in [-0.4, -0.2) is 22.6 Å². The molecule has 25 heavy (non-hydrogen) atoms. The van der Waals surface area contributed by atoms with Crippen LogP contribution in [0.15, 0.2) is 66.1 Å². The first-order valence-electron chi connectivity index (χ1n) is 7.06. The number of ether oxygens (including phenoxy) is 2. The predicted molar refractivity (Wildman–Crippen MR) is 95.2 cm³/mol. The Labute approximate surface area is 152 Å². The van der Waals surface area contributed by atoms with E-state index in [1.807, 2.05) is 0 Å². The van der Waals surface area contributed by atoms with Crippen molar-refractivity contribution in [2.75, 3.05) is 14.2 Å². The normalized spacial score (nSPS) is 11.5. The zero-order chi connectivity index (χ0) is 18.2. The Balaban J connectivity index is 2.29. The number of sulfone groups is 1. The van der Waals surface area contributed by atoms with Crippen molar-refractivity contribution in [1.29, 1.82) is 0 Å². The molecule has 1 aromatic heterocycles. The highest BCUT2D eigenvalue weighted by molar-refractivity contribution is 9.10. The first-order chi connectivity index (χ1) is 11.9. The Morgan fingerprint density at radius 3 is 2.32 bits per heavy atom. The largest absolute Gasteiger partial charge is 0.496 e. The molecule has 3 aromatic rings. The monoisotopic (exact) mass is 424 g/mol. The van der Waals surface area contributed by atoms with Gasteiger partial charge in [0, 0.05) is 16.6 Å². The first kappa shape index (κ1) is 17.5. The molecule has 0 amide bonds. The van der Waals surface area contributed by atoms with Crippen LogP contribution in [0.5, 0.6) is 11.5 Å². The highest BCUT2D eigenvalue weighted by Crippen LogP contribution is 2.31. The second kappa shape index (κ2) is 6.53. The van der Waals surface area contributed by atoms with Crippen molar-refractivity contribution in [3.63, 3.8) is 0 Å². The Morgan fingerprint density at radius 2 is 1.72 bits per heavy atom. The molecule has 0 radical (unpaired) electrons. The van der Waals surface area contributed by atoms with E-state index in [1.54, 1.807) is 12.1 Å². The Kier molecular flexibility index (Phi) is 4.57. The molecule has 0 bridgehead atoms. The summed E-state index contributed by atoms with van der Waals surface area (Å²) in [5.41, 5.74) is -0.514. The minimum atomic E-state index is -4.03. The van der Waals surface area contributed by atoms with Gasteiger partial charge in [-0.1, -0.05) is 15.9 Å². The number of hydrogen-bond donors (Lipinski definition) is 0. The SMILES string of the molecule is COc1cc(OC)c2c(=O)c(S(=O)(=O)c3ccc(Br)cc3)coc2c1. The molecule has 0 unspecified atom stereocenters. The summed E-state index contributed by atoms with van der Waals surface area (Å²) in [5.74, 6) is 0.604. The molecule has 3 rings (SSSR count). The van der Waals surface area contributed by atoms with Gasteiger partial charge in [-0.15, -0.1) is 0 Å². The smallest absolute Gasteiger partial charge is 0.215 e.